The number of aliphatic carboxylic acids is 2. The fraction of sp³-hybridized carbons (Fsp3) is 0.750. The summed E-state index contributed by atoms with van der Waals surface area (Å²) >= 11 is 0. The number of rotatable bonds is 11. The third-order valence-electron chi connectivity index (χ3n) is 3.90. The van der Waals surface area contributed by atoms with E-state index in [0.717, 1.165) is 0 Å². The first-order valence-corrected chi connectivity index (χ1v) is 7.39. The maximum atomic E-state index is 11.7. The molecule has 0 unspecified atom stereocenters. The summed E-state index contributed by atoms with van der Waals surface area (Å²) in [6.45, 7) is 6.23. The molecular formula is C16H26O6. The Kier molecular flexibility index (Phi) is 7.43. The molecule has 0 saturated heterocycles. The van der Waals surface area contributed by atoms with Crippen LogP contribution in [0.25, 0.3) is 0 Å². The van der Waals surface area contributed by atoms with Gasteiger partial charge in [-0.2, -0.15) is 0 Å². The molecule has 126 valence electrons. The van der Waals surface area contributed by atoms with E-state index in [4.69, 9.17) is 10.2 Å². The van der Waals surface area contributed by atoms with Gasteiger partial charge in [0.25, 0.3) is 0 Å². The average Bonchev–Trinajstić information content (AvgIpc) is 2.40. The van der Waals surface area contributed by atoms with Crippen LogP contribution in [0, 0.1) is 10.8 Å². The van der Waals surface area contributed by atoms with Gasteiger partial charge in [-0.25, -0.2) is 0 Å². The zero-order valence-electron chi connectivity index (χ0n) is 13.8. The minimum Gasteiger partial charge on any atom is -0.481 e. The first kappa shape index (κ1) is 20.3. The molecule has 0 amide bonds. The molecule has 0 aliphatic heterocycles. The van der Waals surface area contributed by atoms with E-state index in [0.29, 0.717) is 0 Å². The molecule has 0 aromatic carbocycles. The van der Waals surface area contributed by atoms with E-state index in [1.807, 2.05) is 0 Å². The molecule has 6 nitrogen and oxygen atoms in total. The van der Waals surface area contributed by atoms with E-state index in [1.165, 1.54) is 0 Å². The van der Waals surface area contributed by atoms with Crippen LogP contribution in [0.15, 0.2) is 0 Å². The fourth-order valence-electron chi connectivity index (χ4n) is 1.65. The summed E-state index contributed by atoms with van der Waals surface area (Å²) in [7, 11) is 0. The number of ketones is 2. The number of carbonyl (C=O) groups is 4. The molecule has 0 aromatic heterocycles. The Balaban J connectivity index is 4.09. The van der Waals surface area contributed by atoms with E-state index in [-0.39, 0.29) is 50.1 Å². The summed E-state index contributed by atoms with van der Waals surface area (Å²) in [6.07, 6.45) is 0.910. The Morgan fingerprint density at radius 3 is 1.14 bits per heavy atom. The first-order valence-electron chi connectivity index (χ1n) is 7.39. The summed E-state index contributed by atoms with van der Waals surface area (Å²) in [5.74, 6) is -2.18. The van der Waals surface area contributed by atoms with Crippen molar-refractivity contribution >= 4 is 23.5 Å². The number of hydrogen-bond donors (Lipinski definition) is 2. The number of Topliss-reactive ketones (excluding diaryl/α,β-unsaturated/α-hetero) is 2. The van der Waals surface area contributed by atoms with Crippen molar-refractivity contribution in [2.45, 2.75) is 66.2 Å². The van der Waals surface area contributed by atoms with Crippen LogP contribution in [-0.2, 0) is 19.2 Å². The van der Waals surface area contributed by atoms with E-state index < -0.39 is 22.8 Å². The molecule has 0 aromatic rings. The highest BCUT2D eigenvalue weighted by molar-refractivity contribution is 5.86. The standard InChI is InChI=1S/C16H26O6/c1-15(2,13(19)20)9-7-11(17)5-6-12(18)8-10-16(3,4)14(21)22/h5-10H2,1-4H3,(H,19,20)(H,21,22). The van der Waals surface area contributed by atoms with Gasteiger partial charge < -0.3 is 10.2 Å². The van der Waals surface area contributed by atoms with Gasteiger partial charge in [0, 0.05) is 25.7 Å². The number of carboxylic acids is 2. The molecule has 0 atom stereocenters. The summed E-state index contributed by atoms with van der Waals surface area (Å²) in [6, 6.07) is 0. The first-order chi connectivity index (χ1) is 9.88. The number of hydrogen-bond acceptors (Lipinski definition) is 4. The highest BCUT2D eigenvalue weighted by Crippen LogP contribution is 2.24. The lowest BCUT2D eigenvalue weighted by molar-refractivity contribution is -0.148. The van der Waals surface area contributed by atoms with Gasteiger partial charge in [0.2, 0.25) is 0 Å². The van der Waals surface area contributed by atoms with Gasteiger partial charge in [-0.05, 0) is 40.5 Å². The van der Waals surface area contributed by atoms with Crippen molar-refractivity contribution in [3.63, 3.8) is 0 Å². The molecule has 0 saturated carbocycles. The molecule has 0 aliphatic rings. The van der Waals surface area contributed by atoms with E-state index in [1.54, 1.807) is 27.7 Å². The van der Waals surface area contributed by atoms with Crippen LogP contribution in [0.3, 0.4) is 0 Å². The van der Waals surface area contributed by atoms with Crippen molar-refractivity contribution in [3.8, 4) is 0 Å². The third-order valence-corrected chi connectivity index (χ3v) is 3.90. The Labute approximate surface area is 130 Å². The third kappa shape index (κ3) is 7.33. The topological polar surface area (TPSA) is 109 Å². The maximum absolute atomic E-state index is 11.7. The minimum atomic E-state index is -0.953. The van der Waals surface area contributed by atoms with Crippen molar-refractivity contribution in [2.75, 3.05) is 0 Å². The summed E-state index contributed by atoms with van der Waals surface area (Å²) in [5.41, 5.74) is -1.91. The lowest BCUT2D eigenvalue weighted by Gasteiger charge is -2.18. The van der Waals surface area contributed by atoms with Gasteiger partial charge in [-0.1, -0.05) is 0 Å². The smallest absolute Gasteiger partial charge is 0.309 e. The van der Waals surface area contributed by atoms with Gasteiger partial charge in [0.05, 0.1) is 10.8 Å². The molecule has 0 radical (unpaired) electrons. The molecule has 2 N–H and O–H groups in total. The Hall–Kier alpha value is -1.72. The van der Waals surface area contributed by atoms with Crippen molar-refractivity contribution in [2.24, 2.45) is 10.8 Å². The highest BCUT2D eigenvalue weighted by Gasteiger charge is 2.28. The highest BCUT2D eigenvalue weighted by atomic mass is 16.4. The average molecular weight is 314 g/mol. The van der Waals surface area contributed by atoms with Crippen molar-refractivity contribution in [3.05, 3.63) is 0 Å². The SMILES string of the molecule is CC(C)(CCC(=O)CCC(=O)CCC(C)(C)C(=O)O)C(=O)O. The maximum Gasteiger partial charge on any atom is 0.309 e. The molecule has 0 heterocycles. The van der Waals surface area contributed by atoms with E-state index in [9.17, 15) is 19.2 Å². The predicted molar refractivity (Wildman–Crippen MR) is 80.5 cm³/mol. The normalized spacial score (nSPS) is 12.0. The Morgan fingerprint density at radius 1 is 0.636 bits per heavy atom. The second kappa shape index (κ2) is 8.06. The molecule has 22 heavy (non-hydrogen) atoms. The van der Waals surface area contributed by atoms with E-state index >= 15 is 0 Å². The van der Waals surface area contributed by atoms with Crippen LogP contribution in [0.2, 0.25) is 0 Å². The van der Waals surface area contributed by atoms with Gasteiger partial charge in [0.15, 0.2) is 0 Å². The molecule has 0 fully saturated rings. The molecule has 0 spiro atoms. The number of carboxylic acid groups (broad SMARTS) is 2. The second-order valence-electron chi connectivity index (χ2n) is 6.96. The van der Waals surface area contributed by atoms with Gasteiger partial charge in [-0.3, -0.25) is 19.2 Å². The molecular weight excluding hydrogens is 288 g/mol. The minimum absolute atomic E-state index is 0.0853. The fourth-order valence-corrected chi connectivity index (χ4v) is 1.65. The van der Waals surface area contributed by atoms with Crippen LogP contribution in [0.4, 0.5) is 0 Å². The van der Waals surface area contributed by atoms with Crippen molar-refractivity contribution < 1.29 is 29.4 Å². The largest absolute Gasteiger partial charge is 0.481 e. The molecule has 0 rings (SSSR count). The van der Waals surface area contributed by atoms with Gasteiger partial charge >= 0.3 is 11.9 Å². The predicted octanol–water partition coefficient (Wildman–Crippen LogP) is 2.69. The quantitative estimate of drug-likeness (QED) is 0.607. The van der Waals surface area contributed by atoms with Crippen LogP contribution in [0.5, 0.6) is 0 Å². The van der Waals surface area contributed by atoms with Crippen LogP contribution >= 0.6 is 0 Å². The summed E-state index contributed by atoms with van der Waals surface area (Å²) < 4.78 is 0. The number of carbonyl (C=O) groups excluding carboxylic acids is 2. The lowest BCUT2D eigenvalue weighted by atomic mass is 9.85. The van der Waals surface area contributed by atoms with E-state index in [2.05, 4.69) is 0 Å². The Morgan fingerprint density at radius 2 is 0.909 bits per heavy atom. The summed E-state index contributed by atoms with van der Waals surface area (Å²) in [5, 5.41) is 17.9. The van der Waals surface area contributed by atoms with Crippen LogP contribution in [0.1, 0.15) is 66.2 Å². The van der Waals surface area contributed by atoms with Crippen molar-refractivity contribution in [1.82, 2.24) is 0 Å². The molecule has 0 bridgehead atoms. The lowest BCUT2D eigenvalue weighted by Crippen LogP contribution is -2.25. The van der Waals surface area contributed by atoms with Crippen LogP contribution < -0.4 is 0 Å². The molecule has 0 aliphatic carbocycles. The van der Waals surface area contributed by atoms with Gasteiger partial charge in [0.1, 0.15) is 11.6 Å². The second-order valence-corrected chi connectivity index (χ2v) is 6.96. The van der Waals surface area contributed by atoms with Gasteiger partial charge in [-0.15, -0.1) is 0 Å². The van der Waals surface area contributed by atoms with Crippen LogP contribution in [-0.4, -0.2) is 33.7 Å². The summed E-state index contributed by atoms with van der Waals surface area (Å²) in [4.78, 5) is 45.2. The molecule has 6 heteroatoms. The monoisotopic (exact) mass is 314 g/mol. The zero-order valence-corrected chi connectivity index (χ0v) is 13.8. The Bertz CT molecular complexity index is 406. The zero-order chi connectivity index (χ0) is 17.6. The van der Waals surface area contributed by atoms with Crippen molar-refractivity contribution in [1.29, 1.82) is 0 Å².